The average molecular weight is 220 g/mol. The van der Waals surface area contributed by atoms with E-state index in [1.807, 2.05) is 12.1 Å². The van der Waals surface area contributed by atoms with Crippen LogP contribution in [-0.4, -0.2) is 22.1 Å². The Labute approximate surface area is 94.7 Å². The lowest BCUT2D eigenvalue weighted by Crippen LogP contribution is -2.30. The van der Waals surface area contributed by atoms with E-state index in [9.17, 15) is 4.79 Å². The van der Waals surface area contributed by atoms with Gasteiger partial charge in [0.15, 0.2) is 0 Å². The summed E-state index contributed by atoms with van der Waals surface area (Å²) in [6.45, 7) is 0. The SMILES string of the molecule is O=C(O)C1CCCC(Nc2cccnc2)C1. The van der Waals surface area contributed by atoms with Crippen molar-refractivity contribution in [1.29, 1.82) is 0 Å². The van der Waals surface area contributed by atoms with Crippen molar-refractivity contribution < 1.29 is 9.90 Å². The second-order valence-electron chi connectivity index (χ2n) is 4.28. The van der Waals surface area contributed by atoms with E-state index in [1.54, 1.807) is 12.4 Å². The molecule has 2 atom stereocenters. The Kier molecular flexibility index (Phi) is 3.39. The van der Waals surface area contributed by atoms with E-state index in [0.29, 0.717) is 6.42 Å². The highest BCUT2D eigenvalue weighted by atomic mass is 16.4. The van der Waals surface area contributed by atoms with Crippen LogP contribution in [0, 0.1) is 5.92 Å². The molecular weight excluding hydrogens is 204 g/mol. The lowest BCUT2D eigenvalue weighted by Gasteiger charge is -2.27. The first kappa shape index (κ1) is 10.9. The molecular formula is C12H16N2O2. The van der Waals surface area contributed by atoms with Gasteiger partial charge < -0.3 is 10.4 Å². The molecule has 4 nitrogen and oxygen atoms in total. The maximum atomic E-state index is 10.9. The molecule has 1 aliphatic rings. The number of nitrogens with zero attached hydrogens (tertiary/aromatic N) is 1. The standard InChI is InChI=1S/C12H16N2O2/c15-12(16)9-3-1-4-10(7-9)14-11-5-2-6-13-8-11/h2,5-6,8-10,14H,1,3-4,7H2,(H,15,16). The van der Waals surface area contributed by atoms with E-state index < -0.39 is 5.97 Å². The number of aromatic nitrogens is 1. The highest BCUT2D eigenvalue weighted by Crippen LogP contribution is 2.26. The third kappa shape index (κ3) is 2.72. The molecule has 16 heavy (non-hydrogen) atoms. The second-order valence-corrected chi connectivity index (χ2v) is 4.28. The monoisotopic (exact) mass is 220 g/mol. The van der Waals surface area contributed by atoms with Gasteiger partial charge in [0.05, 0.1) is 11.6 Å². The van der Waals surface area contributed by atoms with Crippen LogP contribution in [-0.2, 0) is 4.79 Å². The Bertz CT molecular complexity index is 353. The summed E-state index contributed by atoms with van der Waals surface area (Å²) in [7, 11) is 0. The minimum Gasteiger partial charge on any atom is -0.481 e. The summed E-state index contributed by atoms with van der Waals surface area (Å²) < 4.78 is 0. The Hall–Kier alpha value is -1.58. The molecule has 0 saturated heterocycles. The number of aliphatic carboxylic acids is 1. The van der Waals surface area contributed by atoms with Gasteiger partial charge in [-0.3, -0.25) is 9.78 Å². The quantitative estimate of drug-likeness (QED) is 0.819. The van der Waals surface area contributed by atoms with E-state index in [1.165, 1.54) is 0 Å². The first-order chi connectivity index (χ1) is 7.75. The van der Waals surface area contributed by atoms with Gasteiger partial charge in [-0.1, -0.05) is 6.42 Å². The fourth-order valence-electron chi connectivity index (χ4n) is 2.23. The predicted molar refractivity (Wildman–Crippen MR) is 61.2 cm³/mol. The van der Waals surface area contributed by atoms with Crippen molar-refractivity contribution in [2.24, 2.45) is 5.92 Å². The molecule has 1 aliphatic carbocycles. The van der Waals surface area contributed by atoms with Crippen molar-refractivity contribution in [3.63, 3.8) is 0 Å². The summed E-state index contributed by atoms with van der Waals surface area (Å²) in [6, 6.07) is 4.09. The third-order valence-corrected chi connectivity index (χ3v) is 3.06. The van der Waals surface area contributed by atoms with Crippen molar-refractivity contribution >= 4 is 11.7 Å². The van der Waals surface area contributed by atoms with E-state index >= 15 is 0 Å². The van der Waals surface area contributed by atoms with Crippen LogP contribution in [0.3, 0.4) is 0 Å². The second kappa shape index (κ2) is 4.96. The molecule has 4 heteroatoms. The normalized spacial score (nSPS) is 25.0. The number of hydrogen-bond acceptors (Lipinski definition) is 3. The maximum Gasteiger partial charge on any atom is 0.306 e. The highest BCUT2D eigenvalue weighted by Gasteiger charge is 2.26. The van der Waals surface area contributed by atoms with E-state index in [-0.39, 0.29) is 12.0 Å². The topological polar surface area (TPSA) is 62.2 Å². The summed E-state index contributed by atoms with van der Waals surface area (Å²) in [4.78, 5) is 14.9. The molecule has 2 N–H and O–H groups in total. The van der Waals surface area contributed by atoms with Crippen LogP contribution >= 0.6 is 0 Å². The zero-order valence-corrected chi connectivity index (χ0v) is 9.10. The van der Waals surface area contributed by atoms with E-state index in [2.05, 4.69) is 10.3 Å². The van der Waals surface area contributed by atoms with Gasteiger partial charge in [0.25, 0.3) is 0 Å². The third-order valence-electron chi connectivity index (χ3n) is 3.06. The molecule has 86 valence electrons. The van der Waals surface area contributed by atoms with Gasteiger partial charge in [-0.2, -0.15) is 0 Å². The van der Waals surface area contributed by atoms with Gasteiger partial charge in [0.2, 0.25) is 0 Å². The molecule has 0 bridgehead atoms. The number of hydrogen-bond donors (Lipinski definition) is 2. The van der Waals surface area contributed by atoms with Gasteiger partial charge in [-0.15, -0.1) is 0 Å². The Morgan fingerprint density at radius 1 is 1.50 bits per heavy atom. The fourth-order valence-corrected chi connectivity index (χ4v) is 2.23. The minimum absolute atomic E-state index is 0.192. The number of rotatable bonds is 3. The predicted octanol–water partition coefficient (Wildman–Crippen LogP) is 2.14. The molecule has 1 heterocycles. The largest absolute Gasteiger partial charge is 0.481 e. The number of carboxylic acids is 1. The summed E-state index contributed by atoms with van der Waals surface area (Å²) in [5, 5.41) is 12.3. The molecule has 0 radical (unpaired) electrons. The van der Waals surface area contributed by atoms with Crippen molar-refractivity contribution in [2.45, 2.75) is 31.7 Å². The average Bonchev–Trinajstić information content (AvgIpc) is 2.30. The van der Waals surface area contributed by atoms with Crippen molar-refractivity contribution in [3.05, 3.63) is 24.5 Å². The summed E-state index contributed by atoms with van der Waals surface area (Å²) in [6.07, 6.45) is 7.04. The summed E-state index contributed by atoms with van der Waals surface area (Å²) in [5.41, 5.74) is 0.971. The summed E-state index contributed by atoms with van der Waals surface area (Å²) in [5.74, 6) is -0.861. The number of pyridine rings is 1. The fraction of sp³-hybridized carbons (Fsp3) is 0.500. The number of nitrogens with one attached hydrogen (secondary N) is 1. The smallest absolute Gasteiger partial charge is 0.306 e. The van der Waals surface area contributed by atoms with Crippen LogP contribution in [0.5, 0.6) is 0 Å². The molecule has 0 amide bonds. The molecule has 1 saturated carbocycles. The maximum absolute atomic E-state index is 10.9. The van der Waals surface area contributed by atoms with Crippen molar-refractivity contribution in [3.8, 4) is 0 Å². The molecule has 2 rings (SSSR count). The summed E-state index contributed by atoms with van der Waals surface area (Å²) >= 11 is 0. The van der Waals surface area contributed by atoms with Crippen molar-refractivity contribution in [1.82, 2.24) is 4.98 Å². The van der Waals surface area contributed by atoms with Crippen LogP contribution in [0.1, 0.15) is 25.7 Å². The molecule has 1 aromatic rings. The van der Waals surface area contributed by atoms with Gasteiger partial charge in [-0.05, 0) is 31.4 Å². The van der Waals surface area contributed by atoms with Crippen LogP contribution in [0.25, 0.3) is 0 Å². The lowest BCUT2D eigenvalue weighted by molar-refractivity contribution is -0.142. The van der Waals surface area contributed by atoms with E-state index in [4.69, 9.17) is 5.11 Å². The molecule has 0 aliphatic heterocycles. The minimum atomic E-state index is -0.669. The number of anilines is 1. The first-order valence-electron chi connectivity index (χ1n) is 5.65. The lowest BCUT2D eigenvalue weighted by atomic mass is 9.86. The van der Waals surface area contributed by atoms with Crippen LogP contribution in [0.15, 0.2) is 24.5 Å². The van der Waals surface area contributed by atoms with Crippen LogP contribution in [0.2, 0.25) is 0 Å². The first-order valence-corrected chi connectivity index (χ1v) is 5.65. The van der Waals surface area contributed by atoms with Gasteiger partial charge in [-0.25, -0.2) is 0 Å². The van der Waals surface area contributed by atoms with Crippen LogP contribution in [0.4, 0.5) is 5.69 Å². The molecule has 1 aromatic heterocycles. The Morgan fingerprint density at radius 2 is 2.38 bits per heavy atom. The van der Waals surface area contributed by atoms with Gasteiger partial charge in [0.1, 0.15) is 0 Å². The highest BCUT2D eigenvalue weighted by molar-refractivity contribution is 5.70. The molecule has 2 unspecified atom stereocenters. The van der Waals surface area contributed by atoms with Crippen LogP contribution < -0.4 is 5.32 Å². The van der Waals surface area contributed by atoms with Crippen molar-refractivity contribution in [2.75, 3.05) is 5.32 Å². The molecule has 1 fully saturated rings. The Balaban J connectivity index is 1.93. The Morgan fingerprint density at radius 3 is 3.06 bits per heavy atom. The molecule has 0 aromatic carbocycles. The van der Waals surface area contributed by atoms with Gasteiger partial charge in [0, 0.05) is 18.4 Å². The van der Waals surface area contributed by atoms with Gasteiger partial charge >= 0.3 is 5.97 Å². The zero-order valence-electron chi connectivity index (χ0n) is 9.10. The molecule has 0 spiro atoms. The zero-order chi connectivity index (χ0) is 11.4. The number of carbonyl (C=O) groups is 1. The van der Waals surface area contributed by atoms with E-state index in [0.717, 1.165) is 24.9 Å². The number of carboxylic acid groups (broad SMARTS) is 1.